The molecule has 4 heteroatoms. The Kier molecular flexibility index (Phi) is 5.78. The minimum atomic E-state index is -0.0324. The van der Waals surface area contributed by atoms with Crippen LogP contribution in [0.1, 0.15) is 30.9 Å². The van der Waals surface area contributed by atoms with Gasteiger partial charge in [0.05, 0.1) is 7.11 Å². The Hall–Kier alpha value is -2.07. The number of ether oxygens (including phenoxy) is 1. The van der Waals surface area contributed by atoms with Crippen molar-refractivity contribution in [2.75, 3.05) is 13.7 Å². The second-order valence-electron chi connectivity index (χ2n) is 5.44. The van der Waals surface area contributed by atoms with Gasteiger partial charge in [0, 0.05) is 17.8 Å². The molecule has 0 amide bonds. The fourth-order valence-electron chi connectivity index (χ4n) is 2.38. The highest BCUT2D eigenvalue weighted by atomic mass is 16.5. The molecule has 0 atom stereocenters. The summed E-state index contributed by atoms with van der Waals surface area (Å²) in [4.78, 5) is 15.1. The zero-order valence-corrected chi connectivity index (χ0v) is 13.5. The highest BCUT2D eigenvalue weighted by Crippen LogP contribution is 2.24. The van der Waals surface area contributed by atoms with Crippen LogP contribution in [0.2, 0.25) is 0 Å². The number of rotatable bonds is 7. The molecule has 1 aromatic carbocycles. The Labute approximate surface area is 131 Å². The third-order valence-corrected chi connectivity index (χ3v) is 3.72. The van der Waals surface area contributed by atoms with E-state index in [9.17, 15) is 4.79 Å². The molecule has 0 saturated heterocycles. The van der Waals surface area contributed by atoms with E-state index in [1.54, 1.807) is 7.11 Å². The standard InChI is InChI=1S/C18H24N2O2/c1-4-5-10-19-12-15-6-8-16(20-18(15)21)14-7-9-17(22-3)13(2)11-14/h6-9,11,19H,4-5,10,12H2,1-3H3,(H,20,21). The van der Waals surface area contributed by atoms with Crippen molar-refractivity contribution in [3.8, 4) is 17.0 Å². The molecular formula is C18H24N2O2. The van der Waals surface area contributed by atoms with Crippen molar-refractivity contribution >= 4 is 0 Å². The first kappa shape index (κ1) is 16.3. The Morgan fingerprint density at radius 3 is 2.68 bits per heavy atom. The van der Waals surface area contributed by atoms with Crippen LogP contribution in [-0.4, -0.2) is 18.6 Å². The molecular weight excluding hydrogens is 276 g/mol. The van der Waals surface area contributed by atoms with Crippen molar-refractivity contribution in [1.29, 1.82) is 0 Å². The van der Waals surface area contributed by atoms with E-state index in [1.165, 1.54) is 0 Å². The lowest BCUT2D eigenvalue weighted by molar-refractivity contribution is 0.412. The second kappa shape index (κ2) is 7.80. The summed E-state index contributed by atoms with van der Waals surface area (Å²) >= 11 is 0. The summed E-state index contributed by atoms with van der Waals surface area (Å²) in [6.07, 6.45) is 2.28. The maximum absolute atomic E-state index is 12.2. The van der Waals surface area contributed by atoms with E-state index >= 15 is 0 Å². The van der Waals surface area contributed by atoms with Gasteiger partial charge in [0.15, 0.2) is 0 Å². The van der Waals surface area contributed by atoms with Crippen LogP contribution in [0.5, 0.6) is 5.75 Å². The molecule has 2 aromatic rings. The summed E-state index contributed by atoms with van der Waals surface area (Å²) in [5.74, 6) is 0.850. The van der Waals surface area contributed by atoms with Crippen molar-refractivity contribution in [2.45, 2.75) is 33.2 Å². The quantitative estimate of drug-likeness (QED) is 0.772. The molecule has 0 unspecified atom stereocenters. The molecule has 0 bridgehead atoms. The Balaban J connectivity index is 2.15. The lowest BCUT2D eigenvalue weighted by Gasteiger charge is -2.09. The van der Waals surface area contributed by atoms with Crippen LogP contribution in [0.3, 0.4) is 0 Å². The van der Waals surface area contributed by atoms with Gasteiger partial charge >= 0.3 is 0 Å². The van der Waals surface area contributed by atoms with Crippen LogP contribution in [-0.2, 0) is 6.54 Å². The topological polar surface area (TPSA) is 54.1 Å². The Morgan fingerprint density at radius 1 is 1.23 bits per heavy atom. The number of hydrogen-bond donors (Lipinski definition) is 2. The molecule has 0 radical (unpaired) electrons. The lowest BCUT2D eigenvalue weighted by Crippen LogP contribution is -2.21. The number of benzene rings is 1. The predicted molar refractivity (Wildman–Crippen MR) is 90.4 cm³/mol. The molecule has 0 spiro atoms. The van der Waals surface area contributed by atoms with E-state index in [0.29, 0.717) is 6.54 Å². The number of nitrogens with one attached hydrogen (secondary N) is 2. The van der Waals surface area contributed by atoms with Gasteiger partial charge in [0.25, 0.3) is 5.56 Å². The van der Waals surface area contributed by atoms with Gasteiger partial charge in [-0.2, -0.15) is 0 Å². The maximum Gasteiger partial charge on any atom is 0.252 e. The van der Waals surface area contributed by atoms with Crippen LogP contribution in [0.15, 0.2) is 35.1 Å². The maximum atomic E-state index is 12.2. The minimum Gasteiger partial charge on any atom is -0.496 e. The summed E-state index contributed by atoms with van der Waals surface area (Å²) in [7, 11) is 1.66. The molecule has 22 heavy (non-hydrogen) atoms. The highest BCUT2D eigenvalue weighted by Gasteiger charge is 2.05. The summed E-state index contributed by atoms with van der Waals surface area (Å²) in [6.45, 7) is 5.69. The molecule has 0 fully saturated rings. The van der Waals surface area contributed by atoms with Gasteiger partial charge in [-0.1, -0.05) is 19.4 Å². The molecule has 0 aliphatic carbocycles. The molecule has 0 aliphatic rings. The summed E-state index contributed by atoms with van der Waals surface area (Å²) in [5.41, 5.74) is 3.60. The summed E-state index contributed by atoms with van der Waals surface area (Å²) < 4.78 is 5.26. The monoisotopic (exact) mass is 300 g/mol. The van der Waals surface area contributed by atoms with Crippen LogP contribution in [0.4, 0.5) is 0 Å². The molecule has 118 valence electrons. The van der Waals surface area contributed by atoms with Crippen molar-refractivity contribution in [3.63, 3.8) is 0 Å². The number of unbranched alkanes of at least 4 members (excludes halogenated alkanes) is 1. The number of hydrogen-bond acceptors (Lipinski definition) is 3. The normalized spacial score (nSPS) is 10.7. The molecule has 1 aromatic heterocycles. The Bertz CT molecular complexity index is 677. The summed E-state index contributed by atoms with van der Waals surface area (Å²) in [5, 5.41) is 3.29. The summed E-state index contributed by atoms with van der Waals surface area (Å²) in [6, 6.07) is 9.74. The first-order valence-electron chi connectivity index (χ1n) is 7.73. The fourth-order valence-corrected chi connectivity index (χ4v) is 2.38. The largest absolute Gasteiger partial charge is 0.496 e. The van der Waals surface area contributed by atoms with E-state index < -0.39 is 0 Å². The molecule has 2 N–H and O–H groups in total. The molecule has 2 rings (SSSR count). The molecule has 0 saturated carbocycles. The third-order valence-electron chi connectivity index (χ3n) is 3.72. The zero-order chi connectivity index (χ0) is 15.9. The molecule has 4 nitrogen and oxygen atoms in total. The van der Waals surface area contributed by atoms with Crippen LogP contribution < -0.4 is 15.6 Å². The predicted octanol–water partition coefficient (Wildman–Crippen LogP) is 3.25. The number of aromatic nitrogens is 1. The van der Waals surface area contributed by atoms with Crippen LogP contribution in [0, 0.1) is 6.92 Å². The first-order chi connectivity index (χ1) is 10.7. The van der Waals surface area contributed by atoms with E-state index in [2.05, 4.69) is 17.2 Å². The van der Waals surface area contributed by atoms with Crippen molar-refractivity contribution < 1.29 is 4.74 Å². The van der Waals surface area contributed by atoms with Gasteiger partial charge in [-0.3, -0.25) is 4.79 Å². The number of aromatic amines is 1. The second-order valence-corrected chi connectivity index (χ2v) is 5.44. The van der Waals surface area contributed by atoms with E-state index in [-0.39, 0.29) is 5.56 Å². The van der Waals surface area contributed by atoms with Gasteiger partial charge in [0.1, 0.15) is 5.75 Å². The highest BCUT2D eigenvalue weighted by molar-refractivity contribution is 5.62. The van der Waals surface area contributed by atoms with E-state index in [0.717, 1.165) is 47.5 Å². The average molecular weight is 300 g/mol. The number of pyridine rings is 1. The lowest BCUT2D eigenvalue weighted by atomic mass is 10.1. The van der Waals surface area contributed by atoms with Crippen LogP contribution in [0.25, 0.3) is 11.3 Å². The van der Waals surface area contributed by atoms with Crippen molar-refractivity contribution in [3.05, 3.63) is 51.8 Å². The van der Waals surface area contributed by atoms with Gasteiger partial charge in [-0.05, 0) is 55.3 Å². The minimum absolute atomic E-state index is 0.0324. The zero-order valence-electron chi connectivity index (χ0n) is 13.5. The fraction of sp³-hybridized carbons (Fsp3) is 0.389. The van der Waals surface area contributed by atoms with Crippen LogP contribution >= 0.6 is 0 Å². The van der Waals surface area contributed by atoms with Crippen molar-refractivity contribution in [1.82, 2.24) is 10.3 Å². The average Bonchev–Trinajstić information content (AvgIpc) is 2.52. The van der Waals surface area contributed by atoms with Gasteiger partial charge < -0.3 is 15.0 Å². The Morgan fingerprint density at radius 2 is 2.05 bits per heavy atom. The number of aryl methyl sites for hydroxylation is 1. The third kappa shape index (κ3) is 3.98. The number of H-pyrrole nitrogens is 1. The number of methoxy groups -OCH3 is 1. The van der Waals surface area contributed by atoms with E-state index in [4.69, 9.17) is 4.74 Å². The molecule has 0 aliphatic heterocycles. The molecule has 1 heterocycles. The van der Waals surface area contributed by atoms with E-state index in [1.807, 2.05) is 37.3 Å². The SMILES string of the molecule is CCCCNCc1ccc(-c2ccc(OC)c(C)c2)[nH]c1=O. The van der Waals surface area contributed by atoms with Gasteiger partial charge in [-0.15, -0.1) is 0 Å². The first-order valence-corrected chi connectivity index (χ1v) is 7.73. The van der Waals surface area contributed by atoms with Crippen molar-refractivity contribution in [2.24, 2.45) is 0 Å². The van der Waals surface area contributed by atoms with Gasteiger partial charge in [-0.25, -0.2) is 0 Å². The smallest absolute Gasteiger partial charge is 0.252 e. The van der Waals surface area contributed by atoms with Gasteiger partial charge in [0.2, 0.25) is 0 Å².